The monoisotopic (exact) mass is 297 g/mol. The predicted octanol–water partition coefficient (Wildman–Crippen LogP) is 2.93. The molecule has 110 valence electrons. The SMILES string of the molecule is NC(c1cc2c(cc1Cl)OCCCO2)C1CCCOC1. The maximum atomic E-state index is 6.38. The lowest BCUT2D eigenvalue weighted by Gasteiger charge is -2.28. The summed E-state index contributed by atoms with van der Waals surface area (Å²) in [5.74, 6) is 1.77. The van der Waals surface area contributed by atoms with Crippen molar-refractivity contribution in [1.29, 1.82) is 0 Å². The minimum absolute atomic E-state index is 0.125. The van der Waals surface area contributed by atoms with Crippen molar-refractivity contribution >= 4 is 11.6 Å². The van der Waals surface area contributed by atoms with E-state index in [1.165, 1.54) is 0 Å². The summed E-state index contributed by atoms with van der Waals surface area (Å²) < 4.78 is 16.9. The van der Waals surface area contributed by atoms with Gasteiger partial charge in [-0.3, -0.25) is 0 Å². The van der Waals surface area contributed by atoms with E-state index in [-0.39, 0.29) is 6.04 Å². The summed E-state index contributed by atoms with van der Waals surface area (Å²) in [7, 11) is 0. The van der Waals surface area contributed by atoms with Gasteiger partial charge in [0.15, 0.2) is 11.5 Å². The van der Waals surface area contributed by atoms with Crippen molar-refractivity contribution in [2.75, 3.05) is 26.4 Å². The average molecular weight is 298 g/mol. The molecule has 2 atom stereocenters. The molecule has 1 saturated heterocycles. The highest BCUT2D eigenvalue weighted by Gasteiger charge is 2.26. The lowest BCUT2D eigenvalue weighted by atomic mass is 9.89. The molecule has 2 N–H and O–H groups in total. The van der Waals surface area contributed by atoms with Gasteiger partial charge >= 0.3 is 0 Å². The quantitative estimate of drug-likeness (QED) is 0.912. The molecule has 1 aromatic carbocycles. The molecule has 0 spiro atoms. The second-order valence-corrected chi connectivity index (χ2v) is 5.78. The number of benzene rings is 1. The molecule has 0 amide bonds. The van der Waals surface area contributed by atoms with Crippen molar-refractivity contribution in [2.45, 2.75) is 25.3 Å². The Bertz CT molecular complexity index is 474. The Hall–Kier alpha value is -0.970. The summed E-state index contributed by atoms with van der Waals surface area (Å²) in [6.07, 6.45) is 3.01. The third-order valence-corrected chi connectivity index (χ3v) is 4.26. The zero-order chi connectivity index (χ0) is 13.9. The highest BCUT2D eigenvalue weighted by atomic mass is 35.5. The van der Waals surface area contributed by atoms with Crippen LogP contribution in [0.5, 0.6) is 11.5 Å². The molecule has 1 fully saturated rings. The highest BCUT2D eigenvalue weighted by molar-refractivity contribution is 6.31. The Morgan fingerprint density at radius 3 is 2.55 bits per heavy atom. The topological polar surface area (TPSA) is 53.7 Å². The number of halogens is 1. The van der Waals surface area contributed by atoms with E-state index in [0.717, 1.165) is 37.2 Å². The maximum Gasteiger partial charge on any atom is 0.162 e. The summed E-state index contributed by atoms with van der Waals surface area (Å²) >= 11 is 6.37. The lowest BCUT2D eigenvalue weighted by molar-refractivity contribution is 0.0447. The number of ether oxygens (including phenoxy) is 3. The first-order valence-electron chi connectivity index (χ1n) is 7.18. The van der Waals surface area contributed by atoms with Gasteiger partial charge in [0.25, 0.3) is 0 Å². The fourth-order valence-electron chi connectivity index (χ4n) is 2.76. The van der Waals surface area contributed by atoms with Crippen LogP contribution in [0.2, 0.25) is 5.02 Å². The molecular weight excluding hydrogens is 278 g/mol. The van der Waals surface area contributed by atoms with E-state index in [1.54, 1.807) is 0 Å². The van der Waals surface area contributed by atoms with E-state index in [1.807, 2.05) is 12.1 Å². The third kappa shape index (κ3) is 2.87. The van der Waals surface area contributed by atoms with Crippen LogP contribution >= 0.6 is 11.6 Å². The fourth-order valence-corrected chi connectivity index (χ4v) is 3.04. The average Bonchev–Trinajstić information content (AvgIpc) is 2.71. The molecule has 2 unspecified atom stereocenters. The fraction of sp³-hybridized carbons (Fsp3) is 0.600. The number of hydrogen-bond acceptors (Lipinski definition) is 4. The first kappa shape index (κ1) is 14.0. The second kappa shape index (κ2) is 6.20. The first-order valence-corrected chi connectivity index (χ1v) is 7.56. The minimum atomic E-state index is -0.125. The van der Waals surface area contributed by atoms with E-state index in [4.69, 9.17) is 31.5 Å². The molecule has 0 bridgehead atoms. The Kier molecular flexibility index (Phi) is 4.34. The van der Waals surface area contributed by atoms with Crippen molar-refractivity contribution in [1.82, 2.24) is 0 Å². The predicted molar refractivity (Wildman–Crippen MR) is 77.5 cm³/mol. The van der Waals surface area contributed by atoms with Gasteiger partial charge in [0.1, 0.15) is 0 Å². The van der Waals surface area contributed by atoms with Crippen LogP contribution in [-0.4, -0.2) is 26.4 Å². The van der Waals surface area contributed by atoms with Gasteiger partial charge < -0.3 is 19.9 Å². The molecule has 2 heterocycles. The zero-order valence-electron chi connectivity index (χ0n) is 11.4. The van der Waals surface area contributed by atoms with Gasteiger partial charge in [-0.2, -0.15) is 0 Å². The highest BCUT2D eigenvalue weighted by Crippen LogP contribution is 2.39. The van der Waals surface area contributed by atoms with Crippen LogP contribution in [0, 0.1) is 5.92 Å². The number of fused-ring (bicyclic) bond motifs is 1. The Balaban J connectivity index is 1.86. The van der Waals surface area contributed by atoms with Crippen LogP contribution < -0.4 is 15.2 Å². The lowest BCUT2D eigenvalue weighted by Crippen LogP contribution is -2.29. The number of hydrogen-bond donors (Lipinski definition) is 1. The normalized spacial score (nSPS) is 24.0. The second-order valence-electron chi connectivity index (χ2n) is 5.37. The Morgan fingerprint density at radius 2 is 1.85 bits per heavy atom. The molecular formula is C15H20ClNO3. The maximum absolute atomic E-state index is 6.38. The standard InChI is InChI=1S/C15H20ClNO3/c16-12-8-14-13(19-5-2-6-20-14)7-11(12)15(17)10-3-1-4-18-9-10/h7-8,10,15H,1-6,9,17H2. The molecule has 3 rings (SSSR count). The van der Waals surface area contributed by atoms with Crippen molar-refractivity contribution in [3.8, 4) is 11.5 Å². The molecule has 0 saturated carbocycles. The molecule has 2 aliphatic heterocycles. The van der Waals surface area contributed by atoms with Crippen molar-refractivity contribution in [3.05, 3.63) is 22.7 Å². The zero-order valence-corrected chi connectivity index (χ0v) is 12.2. The minimum Gasteiger partial charge on any atom is -0.490 e. The number of rotatable bonds is 2. The summed E-state index contributed by atoms with van der Waals surface area (Å²) in [4.78, 5) is 0. The van der Waals surface area contributed by atoms with Crippen LogP contribution in [0.3, 0.4) is 0 Å². The van der Waals surface area contributed by atoms with Gasteiger partial charge in [0.05, 0.1) is 19.8 Å². The van der Waals surface area contributed by atoms with Crippen LogP contribution in [-0.2, 0) is 4.74 Å². The van der Waals surface area contributed by atoms with Crippen LogP contribution in [0.25, 0.3) is 0 Å². The van der Waals surface area contributed by atoms with Crippen LogP contribution in [0.4, 0.5) is 0 Å². The smallest absolute Gasteiger partial charge is 0.162 e. The Labute approximate surface area is 124 Å². The van der Waals surface area contributed by atoms with Crippen LogP contribution in [0.15, 0.2) is 12.1 Å². The molecule has 5 heteroatoms. The van der Waals surface area contributed by atoms with E-state index in [2.05, 4.69) is 0 Å². The third-order valence-electron chi connectivity index (χ3n) is 3.93. The van der Waals surface area contributed by atoms with Gasteiger partial charge in [0, 0.05) is 36.1 Å². The van der Waals surface area contributed by atoms with E-state index in [9.17, 15) is 0 Å². The van der Waals surface area contributed by atoms with E-state index >= 15 is 0 Å². The van der Waals surface area contributed by atoms with Gasteiger partial charge in [-0.1, -0.05) is 11.6 Å². The molecule has 1 aromatic rings. The molecule has 4 nitrogen and oxygen atoms in total. The summed E-state index contributed by atoms with van der Waals surface area (Å²) in [5, 5.41) is 0.646. The molecule has 0 radical (unpaired) electrons. The van der Waals surface area contributed by atoms with Gasteiger partial charge in [-0.25, -0.2) is 0 Å². The summed E-state index contributed by atoms with van der Waals surface area (Å²) in [6, 6.07) is 3.63. The summed E-state index contributed by atoms with van der Waals surface area (Å²) in [5.41, 5.74) is 7.30. The summed E-state index contributed by atoms with van der Waals surface area (Å²) in [6.45, 7) is 2.85. The number of nitrogens with two attached hydrogens (primary N) is 1. The van der Waals surface area contributed by atoms with Crippen molar-refractivity contribution in [3.63, 3.8) is 0 Å². The van der Waals surface area contributed by atoms with Gasteiger partial charge in [-0.05, 0) is 24.5 Å². The van der Waals surface area contributed by atoms with Crippen molar-refractivity contribution in [2.24, 2.45) is 11.7 Å². The van der Waals surface area contributed by atoms with Crippen LogP contribution in [0.1, 0.15) is 30.9 Å². The Morgan fingerprint density at radius 1 is 1.10 bits per heavy atom. The largest absolute Gasteiger partial charge is 0.490 e. The molecule has 20 heavy (non-hydrogen) atoms. The van der Waals surface area contributed by atoms with Gasteiger partial charge in [0.2, 0.25) is 0 Å². The van der Waals surface area contributed by atoms with E-state index in [0.29, 0.717) is 36.5 Å². The molecule has 2 aliphatic rings. The van der Waals surface area contributed by atoms with E-state index < -0.39 is 0 Å². The van der Waals surface area contributed by atoms with Crippen molar-refractivity contribution < 1.29 is 14.2 Å². The molecule has 0 aliphatic carbocycles. The molecule has 0 aromatic heterocycles. The first-order chi connectivity index (χ1) is 9.75. The van der Waals surface area contributed by atoms with Gasteiger partial charge in [-0.15, -0.1) is 0 Å².